The Hall–Kier alpha value is -1.78. The Morgan fingerprint density at radius 2 is 1.91 bits per heavy atom. The van der Waals surface area contributed by atoms with E-state index >= 15 is 0 Å². The van der Waals surface area contributed by atoms with Gasteiger partial charge in [0.2, 0.25) is 0 Å². The third-order valence-electron chi connectivity index (χ3n) is 4.29. The van der Waals surface area contributed by atoms with Crippen LogP contribution in [0.2, 0.25) is 0 Å². The van der Waals surface area contributed by atoms with E-state index in [4.69, 9.17) is 4.74 Å². The first-order valence-electron chi connectivity index (χ1n) is 8.11. The summed E-state index contributed by atoms with van der Waals surface area (Å²) >= 11 is 0. The van der Waals surface area contributed by atoms with Crippen molar-refractivity contribution in [1.29, 1.82) is 0 Å². The Kier molecular flexibility index (Phi) is 5.14. The average Bonchev–Trinajstić information content (AvgIpc) is 3.23. The molecule has 1 saturated heterocycles. The van der Waals surface area contributed by atoms with E-state index in [-0.39, 0.29) is 0 Å². The maximum atomic E-state index is 5.47. The highest BCUT2D eigenvalue weighted by Crippen LogP contribution is 2.23. The van der Waals surface area contributed by atoms with E-state index in [0.29, 0.717) is 0 Å². The van der Waals surface area contributed by atoms with Gasteiger partial charge in [-0.15, -0.1) is 0 Å². The monoisotopic (exact) mass is 299 g/mol. The van der Waals surface area contributed by atoms with Crippen LogP contribution in [0, 0.1) is 0 Å². The zero-order valence-electron chi connectivity index (χ0n) is 13.3. The minimum absolute atomic E-state index is 0.874. The number of nitrogens with zero attached hydrogens (tertiary/aromatic N) is 2. The molecule has 1 N–H and O–H groups in total. The first kappa shape index (κ1) is 15.1. The molecule has 1 aromatic heterocycles. The minimum Gasteiger partial charge on any atom is -0.495 e. The SMILES string of the molecule is COc1ccccc1-n1cccc1CNCCN1CCCC1. The van der Waals surface area contributed by atoms with Crippen LogP contribution in [-0.2, 0) is 6.54 Å². The van der Waals surface area contributed by atoms with Crippen LogP contribution in [0.5, 0.6) is 5.75 Å². The van der Waals surface area contributed by atoms with Gasteiger partial charge in [-0.25, -0.2) is 0 Å². The van der Waals surface area contributed by atoms with Crippen molar-refractivity contribution in [2.45, 2.75) is 19.4 Å². The fraction of sp³-hybridized carbons (Fsp3) is 0.444. The van der Waals surface area contributed by atoms with Gasteiger partial charge in [-0.1, -0.05) is 12.1 Å². The van der Waals surface area contributed by atoms with E-state index in [0.717, 1.165) is 31.1 Å². The number of para-hydroxylation sites is 2. The molecule has 1 fully saturated rings. The molecule has 0 spiro atoms. The third-order valence-corrected chi connectivity index (χ3v) is 4.29. The number of hydrogen-bond acceptors (Lipinski definition) is 3. The molecule has 0 saturated carbocycles. The third kappa shape index (κ3) is 3.51. The fourth-order valence-electron chi connectivity index (χ4n) is 3.08. The van der Waals surface area contributed by atoms with E-state index < -0.39 is 0 Å². The number of ether oxygens (including phenoxy) is 1. The van der Waals surface area contributed by atoms with Gasteiger partial charge in [0.15, 0.2) is 0 Å². The Labute approximate surface area is 132 Å². The Morgan fingerprint density at radius 1 is 1.09 bits per heavy atom. The van der Waals surface area contributed by atoms with Crippen molar-refractivity contribution in [3.05, 3.63) is 48.3 Å². The van der Waals surface area contributed by atoms with Gasteiger partial charge in [0.25, 0.3) is 0 Å². The number of benzene rings is 1. The summed E-state index contributed by atoms with van der Waals surface area (Å²) in [5, 5.41) is 3.56. The van der Waals surface area contributed by atoms with Crippen molar-refractivity contribution in [2.75, 3.05) is 33.3 Å². The summed E-state index contributed by atoms with van der Waals surface area (Å²) in [4.78, 5) is 2.53. The summed E-state index contributed by atoms with van der Waals surface area (Å²) in [6.07, 6.45) is 4.81. The van der Waals surface area contributed by atoms with Crippen LogP contribution in [0.3, 0.4) is 0 Å². The maximum absolute atomic E-state index is 5.47. The number of nitrogens with one attached hydrogen (secondary N) is 1. The number of hydrogen-bond donors (Lipinski definition) is 1. The first-order valence-corrected chi connectivity index (χ1v) is 8.11. The zero-order valence-corrected chi connectivity index (χ0v) is 13.3. The van der Waals surface area contributed by atoms with Gasteiger partial charge in [-0.3, -0.25) is 0 Å². The molecule has 3 rings (SSSR count). The summed E-state index contributed by atoms with van der Waals surface area (Å²) in [5.41, 5.74) is 2.34. The summed E-state index contributed by atoms with van der Waals surface area (Å²) in [6.45, 7) is 5.59. The predicted molar refractivity (Wildman–Crippen MR) is 89.7 cm³/mol. The smallest absolute Gasteiger partial charge is 0.142 e. The molecule has 118 valence electrons. The second-order valence-electron chi connectivity index (χ2n) is 5.77. The molecule has 0 bridgehead atoms. The van der Waals surface area contributed by atoms with Crippen LogP contribution in [0.25, 0.3) is 5.69 Å². The van der Waals surface area contributed by atoms with E-state index in [2.05, 4.69) is 39.2 Å². The molecule has 0 aliphatic carbocycles. The fourth-order valence-corrected chi connectivity index (χ4v) is 3.08. The van der Waals surface area contributed by atoms with Gasteiger partial charge in [0.1, 0.15) is 5.75 Å². The predicted octanol–water partition coefficient (Wildman–Crippen LogP) is 2.67. The molecule has 0 atom stereocenters. The number of aromatic nitrogens is 1. The lowest BCUT2D eigenvalue weighted by Crippen LogP contribution is -2.30. The molecule has 22 heavy (non-hydrogen) atoms. The quantitative estimate of drug-likeness (QED) is 0.797. The number of likely N-dealkylation sites (tertiary alicyclic amines) is 1. The Bertz CT molecular complexity index is 588. The Balaban J connectivity index is 1.59. The van der Waals surface area contributed by atoms with Crippen LogP contribution < -0.4 is 10.1 Å². The van der Waals surface area contributed by atoms with E-state index in [1.165, 1.54) is 31.6 Å². The van der Waals surface area contributed by atoms with Gasteiger partial charge in [-0.05, 0) is 50.2 Å². The highest BCUT2D eigenvalue weighted by atomic mass is 16.5. The summed E-state index contributed by atoms with van der Waals surface area (Å²) in [5.74, 6) is 0.900. The van der Waals surface area contributed by atoms with E-state index in [1.807, 2.05) is 18.2 Å². The molecule has 1 aliphatic rings. The largest absolute Gasteiger partial charge is 0.495 e. The van der Waals surface area contributed by atoms with Crippen molar-refractivity contribution in [3.8, 4) is 11.4 Å². The van der Waals surface area contributed by atoms with E-state index in [9.17, 15) is 0 Å². The van der Waals surface area contributed by atoms with Crippen molar-refractivity contribution in [2.24, 2.45) is 0 Å². The second kappa shape index (κ2) is 7.47. The first-order chi connectivity index (χ1) is 10.9. The van der Waals surface area contributed by atoms with Gasteiger partial charge in [0.05, 0.1) is 12.8 Å². The van der Waals surface area contributed by atoms with Crippen LogP contribution in [0.15, 0.2) is 42.6 Å². The molecule has 1 aliphatic heterocycles. The molecule has 2 heterocycles. The topological polar surface area (TPSA) is 29.4 Å². The highest BCUT2D eigenvalue weighted by molar-refractivity contribution is 5.48. The zero-order chi connectivity index (χ0) is 15.2. The molecule has 4 heteroatoms. The molecule has 0 amide bonds. The number of rotatable bonds is 7. The summed E-state index contributed by atoms with van der Waals surface area (Å²) < 4.78 is 7.67. The summed E-state index contributed by atoms with van der Waals surface area (Å²) in [7, 11) is 1.72. The lowest BCUT2D eigenvalue weighted by Gasteiger charge is -2.16. The number of methoxy groups -OCH3 is 1. The van der Waals surface area contributed by atoms with Crippen molar-refractivity contribution in [3.63, 3.8) is 0 Å². The van der Waals surface area contributed by atoms with Crippen molar-refractivity contribution >= 4 is 0 Å². The van der Waals surface area contributed by atoms with E-state index in [1.54, 1.807) is 7.11 Å². The summed E-state index contributed by atoms with van der Waals surface area (Å²) in [6, 6.07) is 12.4. The maximum Gasteiger partial charge on any atom is 0.142 e. The lowest BCUT2D eigenvalue weighted by molar-refractivity contribution is 0.335. The van der Waals surface area contributed by atoms with Crippen molar-refractivity contribution < 1.29 is 4.74 Å². The van der Waals surface area contributed by atoms with Crippen LogP contribution in [-0.4, -0.2) is 42.8 Å². The highest BCUT2D eigenvalue weighted by Gasteiger charge is 2.11. The van der Waals surface area contributed by atoms with Gasteiger partial charge >= 0.3 is 0 Å². The molecule has 4 nitrogen and oxygen atoms in total. The van der Waals surface area contributed by atoms with Crippen LogP contribution in [0.1, 0.15) is 18.5 Å². The molecule has 0 unspecified atom stereocenters. The lowest BCUT2D eigenvalue weighted by atomic mass is 10.3. The molecular formula is C18H25N3O. The second-order valence-corrected chi connectivity index (χ2v) is 5.77. The molecular weight excluding hydrogens is 274 g/mol. The minimum atomic E-state index is 0.874. The van der Waals surface area contributed by atoms with Crippen LogP contribution in [0.4, 0.5) is 0 Å². The molecule has 0 radical (unpaired) electrons. The normalized spacial score (nSPS) is 15.3. The molecule has 1 aromatic carbocycles. The average molecular weight is 299 g/mol. The molecule has 2 aromatic rings. The van der Waals surface area contributed by atoms with Crippen LogP contribution >= 0.6 is 0 Å². The van der Waals surface area contributed by atoms with Gasteiger partial charge in [0, 0.05) is 31.5 Å². The standard InChI is InChI=1S/C18H25N3O/c1-22-18-9-3-2-8-17(18)21-13-6-7-16(21)15-19-10-14-20-11-4-5-12-20/h2-3,6-9,13,19H,4-5,10-12,14-15H2,1H3. The Morgan fingerprint density at radius 3 is 2.73 bits per heavy atom. The van der Waals surface area contributed by atoms with Gasteiger partial charge < -0.3 is 19.5 Å². The van der Waals surface area contributed by atoms with Crippen molar-refractivity contribution in [1.82, 2.24) is 14.8 Å². The van der Waals surface area contributed by atoms with Gasteiger partial charge in [-0.2, -0.15) is 0 Å².